The number of hydrogen-bond acceptors (Lipinski definition) is 4. The summed E-state index contributed by atoms with van der Waals surface area (Å²) in [7, 11) is 5.92. The maximum atomic E-state index is 4.20. The third-order valence-corrected chi connectivity index (χ3v) is 5.14. The molecule has 0 N–H and O–H groups in total. The molecule has 1 nitrogen and oxygen atoms in total. The van der Waals surface area contributed by atoms with Gasteiger partial charge in [-0.2, -0.15) is 12.6 Å². The zero-order chi connectivity index (χ0) is 8.85. The largest absolute Gasteiger partial charge is 0.285 e. The summed E-state index contributed by atoms with van der Waals surface area (Å²) in [4.78, 5) is 2.21. The summed E-state index contributed by atoms with van der Waals surface area (Å²) in [6, 6.07) is 0. The summed E-state index contributed by atoms with van der Waals surface area (Å²) in [5.74, 6) is 0.826. The van der Waals surface area contributed by atoms with E-state index < -0.39 is 0 Å². The van der Waals surface area contributed by atoms with E-state index in [9.17, 15) is 0 Å². The van der Waals surface area contributed by atoms with Gasteiger partial charge in [-0.3, -0.25) is 4.90 Å². The lowest BCUT2D eigenvalue weighted by atomic mass is 10.6. The maximum absolute atomic E-state index is 4.20. The summed E-state index contributed by atoms with van der Waals surface area (Å²) in [5, 5.41) is 1.26. The standard InChI is InChI=1S/C7H17NS3/c1-6(2)10-11-7(3)8(4)5-9/h6-7,9H,5H2,1-4H3. The molecule has 0 rings (SSSR count). The van der Waals surface area contributed by atoms with Gasteiger partial charge in [0.2, 0.25) is 0 Å². The van der Waals surface area contributed by atoms with Crippen molar-refractivity contribution in [1.82, 2.24) is 4.90 Å². The number of thiol groups is 1. The monoisotopic (exact) mass is 211 g/mol. The van der Waals surface area contributed by atoms with Crippen LogP contribution >= 0.6 is 34.2 Å². The Morgan fingerprint density at radius 1 is 1.27 bits per heavy atom. The van der Waals surface area contributed by atoms with Crippen LogP contribution in [-0.4, -0.2) is 28.4 Å². The summed E-state index contributed by atoms with van der Waals surface area (Å²) in [5.41, 5.74) is 0. The van der Waals surface area contributed by atoms with Crippen LogP contribution in [0.25, 0.3) is 0 Å². The quantitative estimate of drug-likeness (QED) is 0.423. The van der Waals surface area contributed by atoms with E-state index in [4.69, 9.17) is 0 Å². The third kappa shape index (κ3) is 6.20. The fourth-order valence-corrected chi connectivity index (χ4v) is 2.93. The molecule has 0 aliphatic rings. The molecule has 0 aromatic rings. The van der Waals surface area contributed by atoms with E-state index in [2.05, 4.69) is 45.3 Å². The minimum Gasteiger partial charge on any atom is -0.285 e. The van der Waals surface area contributed by atoms with E-state index in [1.54, 1.807) is 0 Å². The zero-order valence-electron chi connectivity index (χ0n) is 7.57. The van der Waals surface area contributed by atoms with E-state index >= 15 is 0 Å². The Morgan fingerprint density at radius 3 is 2.18 bits per heavy atom. The third-order valence-electron chi connectivity index (χ3n) is 1.23. The SMILES string of the molecule is CC(C)SSC(C)N(C)CS. The van der Waals surface area contributed by atoms with Gasteiger partial charge in [0, 0.05) is 11.1 Å². The van der Waals surface area contributed by atoms with Gasteiger partial charge in [-0.1, -0.05) is 35.4 Å². The first-order valence-electron chi connectivity index (χ1n) is 3.71. The molecule has 1 atom stereocenters. The van der Waals surface area contributed by atoms with Crippen LogP contribution in [0.4, 0.5) is 0 Å². The van der Waals surface area contributed by atoms with Gasteiger partial charge in [0.25, 0.3) is 0 Å². The molecule has 0 bridgehead atoms. The average molecular weight is 211 g/mol. The highest BCUT2D eigenvalue weighted by Gasteiger charge is 2.08. The molecule has 0 aromatic heterocycles. The zero-order valence-corrected chi connectivity index (χ0v) is 10.1. The molecule has 0 aromatic carbocycles. The Morgan fingerprint density at radius 2 is 1.82 bits per heavy atom. The second-order valence-corrected chi connectivity index (χ2v) is 6.19. The van der Waals surface area contributed by atoms with Crippen molar-refractivity contribution in [2.45, 2.75) is 31.4 Å². The Bertz CT molecular complexity index is 97.7. The molecule has 0 aliphatic carbocycles. The van der Waals surface area contributed by atoms with Gasteiger partial charge < -0.3 is 0 Å². The van der Waals surface area contributed by atoms with Gasteiger partial charge in [0.15, 0.2) is 0 Å². The highest BCUT2D eigenvalue weighted by atomic mass is 33.1. The van der Waals surface area contributed by atoms with Crippen LogP contribution in [0.2, 0.25) is 0 Å². The Balaban J connectivity index is 3.43. The summed E-state index contributed by atoms with van der Waals surface area (Å²) in [6.07, 6.45) is 0. The molecule has 0 spiro atoms. The number of nitrogens with zero attached hydrogens (tertiary/aromatic N) is 1. The van der Waals surface area contributed by atoms with Gasteiger partial charge in [-0.25, -0.2) is 0 Å². The molecule has 0 saturated heterocycles. The van der Waals surface area contributed by atoms with Crippen molar-refractivity contribution in [3.8, 4) is 0 Å². The lowest BCUT2D eigenvalue weighted by molar-refractivity contribution is 0.389. The van der Waals surface area contributed by atoms with Crippen molar-refractivity contribution in [3.63, 3.8) is 0 Å². The highest BCUT2D eigenvalue weighted by Crippen LogP contribution is 2.31. The van der Waals surface area contributed by atoms with E-state index in [0.29, 0.717) is 10.6 Å². The van der Waals surface area contributed by atoms with Crippen molar-refractivity contribution in [3.05, 3.63) is 0 Å². The molecule has 0 heterocycles. The van der Waals surface area contributed by atoms with Crippen LogP contribution in [-0.2, 0) is 0 Å². The number of hydrogen-bond donors (Lipinski definition) is 1. The molecule has 0 aliphatic heterocycles. The molecule has 68 valence electrons. The van der Waals surface area contributed by atoms with E-state index in [1.807, 2.05) is 21.6 Å². The molecule has 0 saturated carbocycles. The summed E-state index contributed by atoms with van der Waals surface area (Å²) >= 11 is 4.20. The minimum absolute atomic E-state index is 0.555. The van der Waals surface area contributed by atoms with Crippen molar-refractivity contribution < 1.29 is 0 Å². The van der Waals surface area contributed by atoms with Crippen LogP contribution in [0.1, 0.15) is 20.8 Å². The van der Waals surface area contributed by atoms with Crippen LogP contribution in [0.15, 0.2) is 0 Å². The van der Waals surface area contributed by atoms with Crippen molar-refractivity contribution in [1.29, 1.82) is 0 Å². The lowest BCUT2D eigenvalue weighted by Crippen LogP contribution is -2.24. The molecule has 4 heteroatoms. The maximum Gasteiger partial charge on any atom is 0.0637 e. The molecule has 0 radical (unpaired) electrons. The first-order valence-corrected chi connectivity index (χ1v) is 6.62. The van der Waals surface area contributed by atoms with Crippen LogP contribution in [0, 0.1) is 0 Å². The highest BCUT2D eigenvalue weighted by molar-refractivity contribution is 8.77. The fourth-order valence-electron chi connectivity index (χ4n) is 0.380. The Labute approximate surface area is 83.5 Å². The van der Waals surface area contributed by atoms with Gasteiger partial charge >= 0.3 is 0 Å². The second-order valence-electron chi connectivity index (χ2n) is 2.74. The van der Waals surface area contributed by atoms with Crippen LogP contribution < -0.4 is 0 Å². The van der Waals surface area contributed by atoms with Crippen LogP contribution in [0.5, 0.6) is 0 Å². The van der Waals surface area contributed by atoms with Crippen molar-refractivity contribution in [2.24, 2.45) is 0 Å². The number of rotatable bonds is 5. The Hall–Kier alpha value is 1.01. The smallest absolute Gasteiger partial charge is 0.0637 e. The van der Waals surface area contributed by atoms with Gasteiger partial charge in [-0.05, 0) is 14.0 Å². The molecular formula is C7H17NS3. The summed E-state index contributed by atoms with van der Waals surface area (Å²) in [6.45, 7) is 6.63. The van der Waals surface area contributed by atoms with E-state index in [-0.39, 0.29) is 0 Å². The van der Waals surface area contributed by atoms with Gasteiger partial charge in [0.05, 0.1) is 5.37 Å². The molecule has 11 heavy (non-hydrogen) atoms. The average Bonchev–Trinajstić information content (AvgIpc) is 1.98. The molecule has 1 unspecified atom stereocenters. The second kappa shape index (κ2) is 6.52. The van der Waals surface area contributed by atoms with Crippen molar-refractivity contribution >= 4 is 34.2 Å². The fraction of sp³-hybridized carbons (Fsp3) is 1.00. The first-order chi connectivity index (χ1) is 5.07. The van der Waals surface area contributed by atoms with E-state index in [1.165, 1.54) is 0 Å². The topological polar surface area (TPSA) is 3.24 Å². The summed E-state index contributed by atoms with van der Waals surface area (Å²) < 4.78 is 0. The van der Waals surface area contributed by atoms with Gasteiger partial charge in [0.1, 0.15) is 0 Å². The predicted octanol–water partition coefficient (Wildman–Crippen LogP) is 2.94. The van der Waals surface area contributed by atoms with Crippen molar-refractivity contribution in [2.75, 3.05) is 12.9 Å². The normalized spacial score (nSPS) is 14.5. The van der Waals surface area contributed by atoms with Gasteiger partial charge in [-0.15, -0.1) is 0 Å². The lowest BCUT2D eigenvalue weighted by Gasteiger charge is -2.21. The Kier molecular flexibility index (Phi) is 7.12. The minimum atomic E-state index is 0.555. The molecule has 0 amide bonds. The van der Waals surface area contributed by atoms with Crippen LogP contribution in [0.3, 0.4) is 0 Å². The van der Waals surface area contributed by atoms with E-state index in [0.717, 1.165) is 5.88 Å². The molecular weight excluding hydrogens is 194 g/mol. The first kappa shape index (κ1) is 12.0. The predicted molar refractivity (Wildman–Crippen MR) is 61.4 cm³/mol. The molecule has 0 fully saturated rings.